The van der Waals surface area contributed by atoms with Crippen LogP contribution in [0.1, 0.15) is 33.4 Å². The molecule has 7 aromatic rings. The summed E-state index contributed by atoms with van der Waals surface area (Å²) in [4.78, 5) is 0. The van der Waals surface area contributed by atoms with E-state index < -0.39 is 0 Å². The second-order valence-electron chi connectivity index (χ2n) is 10.6. The van der Waals surface area contributed by atoms with Crippen LogP contribution in [-0.4, -0.2) is 0 Å². The van der Waals surface area contributed by atoms with Gasteiger partial charge in [-0.1, -0.05) is 164 Å². The summed E-state index contributed by atoms with van der Waals surface area (Å²) >= 11 is 0. The van der Waals surface area contributed by atoms with Crippen LogP contribution in [0, 0.1) is 0 Å². The Bertz CT molecular complexity index is 1820. The van der Waals surface area contributed by atoms with Crippen LogP contribution in [0.4, 0.5) is 0 Å². The SMILES string of the molecule is C(=Cc1ccc2c(c1)c1ccc(C=Cc3ccccc3)cc1c1ccc(C=Cc3ccccc3)cc21)c1ccccc1. The molecule has 0 aromatic heterocycles. The summed E-state index contributed by atoms with van der Waals surface area (Å²) in [6.45, 7) is 0. The molecule has 0 saturated carbocycles. The molecule has 42 heavy (non-hydrogen) atoms. The Morgan fingerprint density at radius 1 is 0.214 bits per heavy atom. The summed E-state index contributed by atoms with van der Waals surface area (Å²) in [5.41, 5.74) is 7.18. The Morgan fingerprint density at radius 3 is 0.762 bits per heavy atom. The van der Waals surface area contributed by atoms with Crippen molar-refractivity contribution in [1.29, 1.82) is 0 Å². The molecule has 0 saturated heterocycles. The van der Waals surface area contributed by atoms with Crippen molar-refractivity contribution in [3.8, 4) is 0 Å². The van der Waals surface area contributed by atoms with Crippen LogP contribution in [0.25, 0.3) is 68.8 Å². The molecular formula is C42H30. The van der Waals surface area contributed by atoms with Gasteiger partial charge in [0.15, 0.2) is 0 Å². The third kappa shape index (κ3) is 5.44. The number of hydrogen-bond acceptors (Lipinski definition) is 0. The quantitative estimate of drug-likeness (QED) is 0.147. The Morgan fingerprint density at radius 2 is 0.476 bits per heavy atom. The van der Waals surface area contributed by atoms with Crippen LogP contribution in [0.2, 0.25) is 0 Å². The second kappa shape index (κ2) is 11.6. The van der Waals surface area contributed by atoms with Gasteiger partial charge in [-0.15, -0.1) is 0 Å². The Labute approximate surface area is 247 Å². The molecule has 0 N–H and O–H groups in total. The van der Waals surface area contributed by atoms with E-state index in [0.29, 0.717) is 0 Å². The van der Waals surface area contributed by atoms with Crippen molar-refractivity contribution < 1.29 is 0 Å². The van der Waals surface area contributed by atoms with E-state index in [1.807, 2.05) is 0 Å². The van der Waals surface area contributed by atoms with Gasteiger partial charge in [0.2, 0.25) is 0 Å². The van der Waals surface area contributed by atoms with Crippen molar-refractivity contribution in [3.63, 3.8) is 0 Å². The minimum Gasteiger partial charge on any atom is -0.0622 e. The van der Waals surface area contributed by atoms with Crippen LogP contribution in [0.15, 0.2) is 146 Å². The first kappa shape index (κ1) is 25.5. The van der Waals surface area contributed by atoms with Crippen molar-refractivity contribution in [1.82, 2.24) is 0 Å². The molecule has 0 unspecified atom stereocenters. The van der Waals surface area contributed by atoms with Crippen LogP contribution in [-0.2, 0) is 0 Å². The van der Waals surface area contributed by atoms with Gasteiger partial charge < -0.3 is 0 Å². The van der Waals surface area contributed by atoms with Crippen molar-refractivity contribution in [2.24, 2.45) is 0 Å². The Balaban J connectivity index is 1.39. The molecular weight excluding hydrogens is 504 g/mol. The standard InChI is InChI=1S/C42H30/c1-4-10-31(11-5-1)16-19-34-22-25-37-40(28-34)38-26-23-35(20-17-32-12-6-2-7-13-32)30-42(38)39-27-24-36(29-41(37)39)21-18-33-14-8-3-9-15-33/h1-30H. The van der Waals surface area contributed by atoms with E-state index in [4.69, 9.17) is 0 Å². The lowest BCUT2D eigenvalue weighted by atomic mass is 9.91. The molecule has 198 valence electrons. The third-order valence-electron chi connectivity index (χ3n) is 7.80. The lowest BCUT2D eigenvalue weighted by Gasteiger charge is -2.13. The summed E-state index contributed by atoms with van der Waals surface area (Å²) in [6.07, 6.45) is 13.2. The molecule has 0 heteroatoms. The van der Waals surface area contributed by atoms with Gasteiger partial charge in [-0.2, -0.15) is 0 Å². The molecule has 0 fully saturated rings. The lowest BCUT2D eigenvalue weighted by Crippen LogP contribution is -1.87. The van der Waals surface area contributed by atoms with Crippen LogP contribution in [0.5, 0.6) is 0 Å². The lowest BCUT2D eigenvalue weighted by molar-refractivity contribution is 1.66. The Hall–Kier alpha value is -5.46. The molecule has 0 spiro atoms. The molecule has 0 nitrogen and oxygen atoms in total. The van der Waals surface area contributed by atoms with Gasteiger partial charge in [0, 0.05) is 0 Å². The summed E-state index contributed by atoms with van der Waals surface area (Å²) in [6, 6.07) is 52.0. The largest absolute Gasteiger partial charge is 0.0622 e. The Kier molecular flexibility index (Phi) is 7.02. The van der Waals surface area contributed by atoms with Gasteiger partial charge in [0.05, 0.1) is 0 Å². The summed E-state index contributed by atoms with van der Waals surface area (Å²) in [5.74, 6) is 0. The van der Waals surface area contributed by atoms with Gasteiger partial charge in [0.1, 0.15) is 0 Å². The highest BCUT2D eigenvalue weighted by Crippen LogP contribution is 2.37. The average molecular weight is 535 g/mol. The van der Waals surface area contributed by atoms with E-state index in [-0.39, 0.29) is 0 Å². The number of hydrogen-bond donors (Lipinski definition) is 0. The van der Waals surface area contributed by atoms with Crippen molar-refractivity contribution in [2.45, 2.75) is 0 Å². The smallest absolute Gasteiger partial charge is 0.00930 e. The minimum absolute atomic E-state index is 1.19. The van der Waals surface area contributed by atoms with Crippen LogP contribution < -0.4 is 0 Å². The third-order valence-corrected chi connectivity index (χ3v) is 7.80. The molecule has 0 amide bonds. The van der Waals surface area contributed by atoms with Gasteiger partial charge in [-0.25, -0.2) is 0 Å². The first-order valence-electron chi connectivity index (χ1n) is 14.4. The second-order valence-corrected chi connectivity index (χ2v) is 10.6. The maximum atomic E-state index is 2.34. The van der Waals surface area contributed by atoms with Gasteiger partial charge in [-0.05, 0) is 83.9 Å². The molecule has 7 aromatic carbocycles. The summed E-state index contributed by atoms with van der Waals surface area (Å²) in [5, 5.41) is 7.65. The molecule has 0 bridgehead atoms. The minimum atomic E-state index is 1.19. The topological polar surface area (TPSA) is 0 Å². The number of fused-ring (bicyclic) bond motifs is 6. The van der Waals surface area contributed by atoms with E-state index >= 15 is 0 Å². The first-order chi connectivity index (χ1) is 20.8. The predicted molar refractivity (Wildman–Crippen MR) is 185 cm³/mol. The van der Waals surface area contributed by atoms with Crippen molar-refractivity contribution >= 4 is 68.8 Å². The van der Waals surface area contributed by atoms with Gasteiger partial charge in [0.25, 0.3) is 0 Å². The highest BCUT2D eigenvalue weighted by molar-refractivity contribution is 6.26. The maximum absolute atomic E-state index is 2.34. The highest BCUT2D eigenvalue weighted by Gasteiger charge is 2.10. The monoisotopic (exact) mass is 534 g/mol. The highest BCUT2D eigenvalue weighted by atomic mass is 14.1. The molecule has 0 aliphatic carbocycles. The summed E-state index contributed by atoms with van der Waals surface area (Å²) in [7, 11) is 0. The maximum Gasteiger partial charge on any atom is -0.00930 e. The fourth-order valence-corrected chi connectivity index (χ4v) is 5.64. The van der Waals surface area contributed by atoms with Crippen LogP contribution >= 0.6 is 0 Å². The normalized spacial score (nSPS) is 12.0. The first-order valence-corrected chi connectivity index (χ1v) is 14.4. The molecule has 0 radical (unpaired) electrons. The average Bonchev–Trinajstić information content (AvgIpc) is 3.06. The van der Waals surface area contributed by atoms with Gasteiger partial charge >= 0.3 is 0 Å². The van der Waals surface area contributed by atoms with E-state index in [2.05, 4.69) is 182 Å². The van der Waals surface area contributed by atoms with Crippen LogP contribution in [0.3, 0.4) is 0 Å². The predicted octanol–water partition coefficient (Wildman–Crippen LogP) is 11.7. The van der Waals surface area contributed by atoms with E-state index in [0.717, 1.165) is 0 Å². The van der Waals surface area contributed by atoms with Crippen molar-refractivity contribution in [2.75, 3.05) is 0 Å². The zero-order chi connectivity index (χ0) is 28.1. The number of rotatable bonds is 6. The zero-order valence-electron chi connectivity index (χ0n) is 23.3. The molecule has 7 rings (SSSR count). The van der Waals surface area contributed by atoms with Crippen molar-refractivity contribution in [3.05, 3.63) is 179 Å². The molecule has 0 atom stereocenters. The van der Waals surface area contributed by atoms with E-state index in [9.17, 15) is 0 Å². The number of benzene rings is 7. The molecule has 0 heterocycles. The van der Waals surface area contributed by atoms with E-state index in [1.54, 1.807) is 0 Å². The molecule has 0 aliphatic heterocycles. The molecule has 0 aliphatic rings. The zero-order valence-corrected chi connectivity index (χ0v) is 23.3. The summed E-state index contributed by atoms with van der Waals surface area (Å²) < 4.78 is 0. The fraction of sp³-hybridized carbons (Fsp3) is 0. The van der Waals surface area contributed by atoms with E-state index in [1.165, 1.54) is 65.7 Å². The fourth-order valence-electron chi connectivity index (χ4n) is 5.64. The van der Waals surface area contributed by atoms with Gasteiger partial charge in [-0.3, -0.25) is 0 Å².